The maximum absolute atomic E-state index is 6.31. The zero-order valence-corrected chi connectivity index (χ0v) is 14.6. The number of aryl methyl sites for hydroxylation is 1. The number of hydrogen-bond acceptors (Lipinski definition) is 4. The van der Waals surface area contributed by atoms with E-state index >= 15 is 0 Å². The molecule has 0 saturated carbocycles. The number of halogens is 1. The second-order valence-corrected chi connectivity index (χ2v) is 7.31. The van der Waals surface area contributed by atoms with Crippen LogP contribution in [0.2, 0.25) is 5.02 Å². The van der Waals surface area contributed by atoms with Crippen LogP contribution >= 0.6 is 22.9 Å². The Labute approximate surface area is 145 Å². The third-order valence-corrected chi connectivity index (χ3v) is 5.67. The van der Waals surface area contributed by atoms with Crippen molar-refractivity contribution < 1.29 is 0 Å². The average Bonchev–Trinajstić information content (AvgIpc) is 2.98. The van der Waals surface area contributed by atoms with E-state index in [1.165, 1.54) is 10.3 Å². The van der Waals surface area contributed by atoms with Gasteiger partial charge >= 0.3 is 0 Å². The predicted molar refractivity (Wildman–Crippen MR) is 100 cm³/mol. The maximum Gasteiger partial charge on any atom is 0.186 e. The van der Waals surface area contributed by atoms with Gasteiger partial charge in [-0.15, -0.1) is 0 Å². The number of anilines is 2. The lowest BCUT2D eigenvalue weighted by atomic mass is 10.2. The number of nitrogens with zero attached hydrogens (tertiary/aromatic N) is 3. The molecule has 4 rings (SSSR count). The third-order valence-electron chi connectivity index (χ3n) is 4.28. The lowest BCUT2D eigenvalue weighted by Gasteiger charge is -2.36. The van der Waals surface area contributed by atoms with E-state index < -0.39 is 0 Å². The van der Waals surface area contributed by atoms with Gasteiger partial charge in [-0.1, -0.05) is 41.1 Å². The van der Waals surface area contributed by atoms with Gasteiger partial charge in [-0.3, -0.25) is 0 Å². The fraction of sp³-hybridized carbons (Fsp3) is 0.278. The molecule has 0 spiro atoms. The van der Waals surface area contributed by atoms with Crippen LogP contribution in [0, 0.1) is 6.92 Å². The van der Waals surface area contributed by atoms with Crippen LogP contribution in [0.4, 0.5) is 10.8 Å². The van der Waals surface area contributed by atoms with E-state index in [2.05, 4.69) is 41.0 Å². The summed E-state index contributed by atoms with van der Waals surface area (Å²) < 4.78 is 1.27. The summed E-state index contributed by atoms with van der Waals surface area (Å²) in [5.74, 6) is 0. The molecular formula is C18H18ClN3S. The van der Waals surface area contributed by atoms with Crippen molar-refractivity contribution in [1.82, 2.24) is 4.98 Å². The van der Waals surface area contributed by atoms with Crippen LogP contribution in [-0.4, -0.2) is 31.2 Å². The second kappa shape index (κ2) is 6.02. The standard InChI is InChI=1S/C18H18ClN3S/c1-13-6-7-15-17(12-13)23-18(20-15)22-10-8-21(9-11-22)16-5-3-2-4-14(16)19/h2-7,12H,8-11H2,1H3. The molecule has 0 aliphatic carbocycles. The number of hydrogen-bond donors (Lipinski definition) is 0. The van der Waals surface area contributed by atoms with Crippen LogP contribution in [0.15, 0.2) is 42.5 Å². The van der Waals surface area contributed by atoms with Gasteiger partial charge in [0.2, 0.25) is 0 Å². The van der Waals surface area contributed by atoms with Crippen molar-refractivity contribution in [2.75, 3.05) is 36.0 Å². The van der Waals surface area contributed by atoms with E-state index in [1.54, 1.807) is 11.3 Å². The van der Waals surface area contributed by atoms with Crippen LogP contribution in [0.5, 0.6) is 0 Å². The Hall–Kier alpha value is -1.78. The van der Waals surface area contributed by atoms with Gasteiger partial charge in [0.25, 0.3) is 0 Å². The molecule has 2 heterocycles. The topological polar surface area (TPSA) is 19.4 Å². The van der Waals surface area contributed by atoms with Crippen LogP contribution in [-0.2, 0) is 0 Å². The molecule has 1 aliphatic rings. The largest absolute Gasteiger partial charge is 0.367 e. The molecular weight excluding hydrogens is 326 g/mol. The van der Waals surface area contributed by atoms with Gasteiger partial charge in [-0.2, -0.15) is 0 Å². The number of thiazole rings is 1. The van der Waals surface area contributed by atoms with Crippen LogP contribution in [0.25, 0.3) is 10.2 Å². The first-order chi connectivity index (χ1) is 11.2. The summed E-state index contributed by atoms with van der Waals surface area (Å²) in [5.41, 5.74) is 3.52. The van der Waals surface area contributed by atoms with Crippen LogP contribution < -0.4 is 9.80 Å². The number of fused-ring (bicyclic) bond motifs is 1. The molecule has 2 aromatic carbocycles. The van der Waals surface area contributed by atoms with Gasteiger partial charge in [0.15, 0.2) is 5.13 Å². The van der Waals surface area contributed by atoms with E-state index in [0.717, 1.165) is 47.5 Å². The molecule has 1 fully saturated rings. The molecule has 0 amide bonds. The normalized spacial score (nSPS) is 15.4. The lowest BCUT2D eigenvalue weighted by molar-refractivity contribution is 0.652. The van der Waals surface area contributed by atoms with Gasteiger partial charge < -0.3 is 9.80 Å². The van der Waals surface area contributed by atoms with E-state index in [-0.39, 0.29) is 0 Å². The van der Waals surface area contributed by atoms with Gasteiger partial charge in [0.1, 0.15) is 0 Å². The highest BCUT2D eigenvalue weighted by Crippen LogP contribution is 2.31. The smallest absolute Gasteiger partial charge is 0.186 e. The van der Waals surface area contributed by atoms with Crippen molar-refractivity contribution >= 4 is 44.0 Å². The van der Waals surface area contributed by atoms with Gasteiger partial charge in [0.05, 0.1) is 20.9 Å². The van der Waals surface area contributed by atoms with Crippen molar-refractivity contribution in [3.8, 4) is 0 Å². The van der Waals surface area contributed by atoms with Gasteiger partial charge in [-0.25, -0.2) is 4.98 Å². The Kier molecular flexibility index (Phi) is 3.87. The summed E-state index contributed by atoms with van der Waals surface area (Å²) in [6, 6.07) is 14.5. The van der Waals surface area contributed by atoms with E-state index in [9.17, 15) is 0 Å². The molecule has 5 heteroatoms. The van der Waals surface area contributed by atoms with Gasteiger partial charge in [0, 0.05) is 26.2 Å². The summed E-state index contributed by atoms with van der Waals surface area (Å²) >= 11 is 8.10. The monoisotopic (exact) mass is 343 g/mol. The van der Waals surface area contributed by atoms with Gasteiger partial charge in [-0.05, 0) is 36.8 Å². The minimum Gasteiger partial charge on any atom is -0.367 e. The zero-order chi connectivity index (χ0) is 15.8. The highest BCUT2D eigenvalue weighted by atomic mass is 35.5. The number of aromatic nitrogens is 1. The summed E-state index contributed by atoms with van der Waals surface area (Å²) in [6.07, 6.45) is 0. The molecule has 0 atom stereocenters. The quantitative estimate of drug-likeness (QED) is 0.678. The summed E-state index contributed by atoms with van der Waals surface area (Å²) in [4.78, 5) is 9.53. The first-order valence-electron chi connectivity index (χ1n) is 7.82. The second-order valence-electron chi connectivity index (χ2n) is 5.89. The Balaban J connectivity index is 1.51. The van der Waals surface area contributed by atoms with E-state index in [1.807, 2.05) is 18.2 Å². The molecule has 118 valence electrons. The zero-order valence-electron chi connectivity index (χ0n) is 13.0. The molecule has 3 aromatic rings. The lowest BCUT2D eigenvalue weighted by Crippen LogP contribution is -2.46. The van der Waals surface area contributed by atoms with Crippen molar-refractivity contribution in [2.24, 2.45) is 0 Å². The molecule has 1 saturated heterocycles. The fourth-order valence-electron chi connectivity index (χ4n) is 3.00. The molecule has 23 heavy (non-hydrogen) atoms. The molecule has 0 radical (unpaired) electrons. The molecule has 0 bridgehead atoms. The molecule has 3 nitrogen and oxygen atoms in total. The minimum atomic E-state index is 0.830. The van der Waals surface area contributed by atoms with Crippen molar-refractivity contribution in [1.29, 1.82) is 0 Å². The predicted octanol–water partition coefficient (Wildman–Crippen LogP) is 4.58. The Morgan fingerprint density at radius 2 is 1.74 bits per heavy atom. The minimum absolute atomic E-state index is 0.830. The van der Waals surface area contributed by atoms with Crippen molar-refractivity contribution in [3.05, 3.63) is 53.1 Å². The molecule has 0 unspecified atom stereocenters. The van der Waals surface area contributed by atoms with Crippen molar-refractivity contribution in [2.45, 2.75) is 6.92 Å². The summed E-state index contributed by atoms with van der Waals surface area (Å²) in [7, 11) is 0. The van der Waals surface area contributed by atoms with Crippen LogP contribution in [0.1, 0.15) is 5.56 Å². The number of rotatable bonds is 2. The number of piperazine rings is 1. The first-order valence-corrected chi connectivity index (χ1v) is 9.02. The highest BCUT2D eigenvalue weighted by molar-refractivity contribution is 7.22. The molecule has 0 N–H and O–H groups in total. The number of para-hydroxylation sites is 1. The third kappa shape index (κ3) is 2.89. The molecule has 1 aromatic heterocycles. The summed E-state index contributed by atoms with van der Waals surface area (Å²) in [5, 5.41) is 1.96. The van der Waals surface area contributed by atoms with Crippen LogP contribution in [0.3, 0.4) is 0 Å². The van der Waals surface area contributed by atoms with E-state index in [4.69, 9.17) is 16.6 Å². The maximum atomic E-state index is 6.31. The SMILES string of the molecule is Cc1ccc2nc(N3CCN(c4ccccc4Cl)CC3)sc2c1. The Morgan fingerprint density at radius 1 is 1.00 bits per heavy atom. The fourth-order valence-corrected chi connectivity index (χ4v) is 4.37. The highest BCUT2D eigenvalue weighted by Gasteiger charge is 2.21. The Morgan fingerprint density at radius 3 is 2.52 bits per heavy atom. The molecule has 1 aliphatic heterocycles. The average molecular weight is 344 g/mol. The van der Waals surface area contributed by atoms with Crippen molar-refractivity contribution in [3.63, 3.8) is 0 Å². The summed E-state index contributed by atoms with van der Waals surface area (Å²) in [6.45, 7) is 6.02. The Bertz CT molecular complexity index is 837. The van der Waals surface area contributed by atoms with E-state index in [0.29, 0.717) is 0 Å². The first kappa shape index (κ1) is 14.8. The number of benzene rings is 2.